The highest BCUT2D eigenvalue weighted by Gasteiger charge is 2.18. The van der Waals surface area contributed by atoms with Crippen LogP contribution in [0, 0.1) is 5.82 Å². The maximum Gasteiger partial charge on any atom is 0.220 e. The molecule has 0 saturated heterocycles. The molecular formula is C20H22Cl2FNO2. The summed E-state index contributed by atoms with van der Waals surface area (Å²) in [6, 6.07) is 6.55. The van der Waals surface area contributed by atoms with Gasteiger partial charge in [0.25, 0.3) is 0 Å². The van der Waals surface area contributed by atoms with E-state index in [1.54, 1.807) is 25.2 Å². The molecule has 0 aliphatic heterocycles. The molecule has 0 aliphatic carbocycles. The molecule has 0 aromatic heterocycles. The van der Waals surface area contributed by atoms with E-state index in [1.807, 2.05) is 13.8 Å². The first-order valence-electron chi connectivity index (χ1n) is 8.42. The molecule has 2 aromatic carbocycles. The molecule has 1 amide bonds. The summed E-state index contributed by atoms with van der Waals surface area (Å²) in [5.74, 6) is -0.694. The Morgan fingerprint density at radius 3 is 2.38 bits per heavy atom. The Bertz CT molecular complexity index is 799. The van der Waals surface area contributed by atoms with E-state index >= 15 is 0 Å². The van der Waals surface area contributed by atoms with Crippen molar-refractivity contribution in [3.05, 3.63) is 62.4 Å². The second-order valence-corrected chi connectivity index (χ2v) is 7.33. The van der Waals surface area contributed by atoms with Gasteiger partial charge < -0.3 is 10.4 Å². The molecule has 0 heterocycles. The average Bonchev–Trinajstić information content (AvgIpc) is 2.57. The van der Waals surface area contributed by atoms with Gasteiger partial charge in [-0.05, 0) is 47.2 Å². The Labute approximate surface area is 163 Å². The number of nitrogens with one attached hydrogen (secondary N) is 1. The first-order valence-corrected chi connectivity index (χ1v) is 9.17. The number of benzene rings is 2. The number of hydrogen-bond donors (Lipinski definition) is 2. The Morgan fingerprint density at radius 2 is 1.85 bits per heavy atom. The van der Waals surface area contributed by atoms with Crippen molar-refractivity contribution in [2.24, 2.45) is 0 Å². The minimum absolute atomic E-state index is 0.0528. The zero-order valence-electron chi connectivity index (χ0n) is 15.0. The van der Waals surface area contributed by atoms with Crippen molar-refractivity contribution in [2.75, 3.05) is 7.05 Å². The van der Waals surface area contributed by atoms with E-state index in [9.17, 15) is 14.3 Å². The number of rotatable bonds is 6. The molecule has 0 unspecified atom stereocenters. The quantitative estimate of drug-likeness (QED) is 0.700. The van der Waals surface area contributed by atoms with E-state index in [4.69, 9.17) is 23.2 Å². The maximum atomic E-state index is 14.8. The lowest BCUT2D eigenvalue weighted by Crippen LogP contribution is -2.17. The van der Waals surface area contributed by atoms with E-state index in [-0.39, 0.29) is 29.6 Å². The van der Waals surface area contributed by atoms with Gasteiger partial charge in [0.05, 0.1) is 0 Å². The van der Waals surface area contributed by atoms with Crippen molar-refractivity contribution < 1.29 is 14.3 Å². The van der Waals surface area contributed by atoms with Gasteiger partial charge in [-0.15, -0.1) is 0 Å². The largest absolute Gasteiger partial charge is 0.508 e. The topological polar surface area (TPSA) is 49.3 Å². The molecule has 26 heavy (non-hydrogen) atoms. The molecule has 0 spiro atoms. The molecule has 140 valence electrons. The van der Waals surface area contributed by atoms with E-state index in [2.05, 4.69) is 5.32 Å². The molecular weight excluding hydrogens is 376 g/mol. The molecule has 0 fully saturated rings. The van der Waals surface area contributed by atoms with Gasteiger partial charge in [0, 0.05) is 35.5 Å². The van der Waals surface area contributed by atoms with E-state index in [0.29, 0.717) is 34.0 Å². The van der Waals surface area contributed by atoms with Gasteiger partial charge >= 0.3 is 0 Å². The summed E-state index contributed by atoms with van der Waals surface area (Å²) < 4.78 is 14.8. The lowest BCUT2D eigenvalue weighted by molar-refractivity contribution is -0.120. The third-order valence-electron chi connectivity index (χ3n) is 4.30. The van der Waals surface area contributed by atoms with Crippen molar-refractivity contribution in [3.8, 4) is 5.75 Å². The monoisotopic (exact) mass is 397 g/mol. The van der Waals surface area contributed by atoms with E-state index in [1.165, 1.54) is 6.07 Å². The SMILES string of the molecule is CNC(=O)CCc1cc(Cl)c(Cc2ccc(O)c(C(C)C)c2F)c(Cl)c1. The van der Waals surface area contributed by atoms with Crippen LogP contribution in [-0.4, -0.2) is 18.1 Å². The number of phenolic OH excluding ortho intramolecular Hbond substituents is 1. The van der Waals surface area contributed by atoms with Crippen molar-refractivity contribution in [1.29, 1.82) is 0 Å². The molecule has 0 saturated carbocycles. The Kier molecular flexibility index (Phi) is 6.90. The third-order valence-corrected chi connectivity index (χ3v) is 4.98. The number of carbonyl (C=O) groups is 1. The van der Waals surface area contributed by atoms with Crippen LogP contribution >= 0.6 is 23.2 Å². The summed E-state index contributed by atoms with van der Waals surface area (Å²) in [4.78, 5) is 11.4. The highest BCUT2D eigenvalue weighted by Crippen LogP contribution is 2.34. The Hall–Kier alpha value is -1.78. The van der Waals surface area contributed by atoms with Crippen LogP contribution in [0.5, 0.6) is 5.75 Å². The number of aromatic hydroxyl groups is 1. The Morgan fingerprint density at radius 1 is 1.23 bits per heavy atom. The van der Waals surface area contributed by atoms with Crippen LogP contribution in [0.1, 0.15) is 48.4 Å². The van der Waals surface area contributed by atoms with Crippen molar-refractivity contribution in [2.45, 2.75) is 39.0 Å². The molecule has 2 N–H and O–H groups in total. The zero-order valence-corrected chi connectivity index (χ0v) is 16.5. The van der Waals surface area contributed by atoms with Crippen LogP contribution in [0.3, 0.4) is 0 Å². The molecule has 0 aliphatic rings. The summed E-state index contributed by atoms with van der Waals surface area (Å²) in [7, 11) is 1.59. The van der Waals surface area contributed by atoms with Gasteiger partial charge in [0.2, 0.25) is 5.91 Å². The standard InChI is InChI=1S/C20H22Cl2FNO2/c1-11(2)19-17(25)6-5-13(20(19)23)10-14-15(21)8-12(9-16(14)22)4-7-18(26)24-3/h5-6,8-9,11,25H,4,7,10H2,1-3H3,(H,24,26). The molecule has 6 heteroatoms. The summed E-state index contributed by atoms with van der Waals surface area (Å²) >= 11 is 12.7. The highest BCUT2D eigenvalue weighted by atomic mass is 35.5. The fourth-order valence-electron chi connectivity index (χ4n) is 2.86. The first kappa shape index (κ1) is 20.5. The smallest absolute Gasteiger partial charge is 0.220 e. The fraction of sp³-hybridized carbons (Fsp3) is 0.350. The minimum atomic E-state index is -0.434. The molecule has 2 rings (SSSR count). The van der Waals surface area contributed by atoms with Gasteiger partial charge in [-0.2, -0.15) is 0 Å². The van der Waals surface area contributed by atoms with Crippen LogP contribution in [0.2, 0.25) is 10.0 Å². The van der Waals surface area contributed by atoms with Gasteiger partial charge in [-0.3, -0.25) is 4.79 Å². The van der Waals surface area contributed by atoms with Gasteiger partial charge in [-0.25, -0.2) is 4.39 Å². The maximum absolute atomic E-state index is 14.8. The number of hydrogen-bond acceptors (Lipinski definition) is 2. The van der Waals surface area contributed by atoms with Gasteiger partial charge in [0.1, 0.15) is 11.6 Å². The Balaban J connectivity index is 2.31. The van der Waals surface area contributed by atoms with Crippen LogP contribution in [0.15, 0.2) is 24.3 Å². The summed E-state index contributed by atoms with van der Waals surface area (Å²) in [6.07, 6.45) is 1.08. The first-order chi connectivity index (χ1) is 12.2. The fourth-order valence-corrected chi connectivity index (χ4v) is 3.52. The molecule has 0 radical (unpaired) electrons. The zero-order chi connectivity index (χ0) is 19.4. The van der Waals surface area contributed by atoms with Crippen molar-refractivity contribution in [1.82, 2.24) is 5.32 Å². The van der Waals surface area contributed by atoms with Crippen LogP contribution in [-0.2, 0) is 17.6 Å². The predicted molar refractivity (Wildman–Crippen MR) is 104 cm³/mol. The number of amides is 1. The van der Waals surface area contributed by atoms with E-state index < -0.39 is 5.82 Å². The van der Waals surface area contributed by atoms with Crippen LogP contribution in [0.25, 0.3) is 0 Å². The van der Waals surface area contributed by atoms with Gasteiger partial charge in [-0.1, -0.05) is 43.1 Å². The van der Waals surface area contributed by atoms with Crippen molar-refractivity contribution in [3.63, 3.8) is 0 Å². The van der Waals surface area contributed by atoms with Crippen LogP contribution in [0.4, 0.5) is 4.39 Å². The molecule has 3 nitrogen and oxygen atoms in total. The average molecular weight is 398 g/mol. The summed E-state index contributed by atoms with van der Waals surface area (Å²) in [5, 5.41) is 13.3. The number of halogens is 3. The second kappa shape index (κ2) is 8.74. The highest BCUT2D eigenvalue weighted by molar-refractivity contribution is 6.36. The third kappa shape index (κ3) is 4.68. The lowest BCUT2D eigenvalue weighted by Gasteiger charge is -2.15. The number of carbonyl (C=O) groups excluding carboxylic acids is 1. The van der Waals surface area contributed by atoms with Crippen molar-refractivity contribution >= 4 is 29.1 Å². The predicted octanol–water partition coefficient (Wildman–Crippen LogP) is 5.23. The molecule has 0 atom stereocenters. The number of phenols is 1. The summed E-state index contributed by atoms with van der Waals surface area (Å²) in [5.41, 5.74) is 2.18. The molecule has 2 aromatic rings. The number of aryl methyl sites for hydroxylation is 1. The van der Waals surface area contributed by atoms with E-state index in [0.717, 1.165) is 5.56 Å². The lowest BCUT2D eigenvalue weighted by atomic mass is 9.95. The van der Waals surface area contributed by atoms with Crippen LogP contribution < -0.4 is 5.32 Å². The second-order valence-electron chi connectivity index (χ2n) is 6.51. The van der Waals surface area contributed by atoms with Gasteiger partial charge in [0.15, 0.2) is 0 Å². The molecule has 0 bridgehead atoms. The minimum Gasteiger partial charge on any atom is -0.508 e. The summed E-state index contributed by atoms with van der Waals surface area (Å²) in [6.45, 7) is 3.65. The normalized spacial score (nSPS) is 11.0.